The van der Waals surface area contributed by atoms with E-state index in [9.17, 15) is 9.59 Å². The van der Waals surface area contributed by atoms with Gasteiger partial charge in [0.2, 0.25) is 0 Å². The van der Waals surface area contributed by atoms with E-state index >= 15 is 0 Å². The Morgan fingerprint density at radius 1 is 1.07 bits per heavy atom. The fourth-order valence-corrected chi connectivity index (χ4v) is 4.00. The number of halogens is 1. The molecule has 1 atom stereocenters. The Morgan fingerprint density at radius 3 is 2.53 bits per heavy atom. The van der Waals surface area contributed by atoms with Crippen LogP contribution in [0.5, 0.6) is 0 Å². The van der Waals surface area contributed by atoms with Gasteiger partial charge >= 0.3 is 0 Å². The maximum absolute atomic E-state index is 13.0. The molecule has 6 nitrogen and oxygen atoms in total. The number of piperazine rings is 1. The van der Waals surface area contributed by atoms with Crippen LogP contribution in [0.25, 0.3) is 0 Å². The topological polar surface area (TPSA) is 61.9 Å². The summed E-state index contributed by atoms with van der Waals surface area (Å²) in [5, 5.41) is 3.61. The van der Waals surface area contributed by atoms with Gasteiger partial charge in [0.05, 0.1) is 0 Å². The van der Waals surface area contributed by atoms with Crippen LogP contribution in [0.2, 0.25) is 5.02 Å². The summed E-state index contributed by atoms with van der Waals surface area (Å²) in [5.74, 6) is -0.151. The van der Waals surface area contributed by atoms with E-state index in [-0.39, 0.29) is 11.8 Å². The molecule has 1 N–H and O–H groups in total. The zero-order chi connectivity index (χ0) is 20.9. The van der Waals surface area contributed by atoms with Crippen molar-refractivity contribution >= 4 is 29.1 Å². The van der Waals surface area contributed by atoms with Crippen LogP contribution in [0.4, 0.5) is 5.69 Å². The summed E-state index contributed by atoms with van der Waals surface area (Å²) in [7, 11) is 0. The van der Waals surface area contributed by atoms with E-state index in [1.54, 1.807) is 24.3 Å². The number of hydrogen-bond donors (Lipinski definition) is 1. The molecule has 4 rings (SSSR count). The van der Waals surface area contributed by atoms with Gasteiger partial charge in [-0.3, -0.25) is 14.5 Å². The first-order valence-electron chi connectivity index (χ1n) is 10.4. The minimum Gasteiger partial charge on any atom is -0.368 e. The van der Waals surface area contributed by atoms with E-state index in [2.05, 4.69) is 10.2 Å². The highest BCUT2D eigenvalue weighted by Crippen LogP contribution is 2.18. The summed E-state index contributed by atoms with van der Waals surface area (Å²) in [6.45, 7) is 4.48. The highest BCUT2D eigenvalue weighted by Gasteiger charge is 2.25. The van der Waals surface area contributed by atoms with Gasteiger partial charge in [-0.05, 0) is 48.7 Å². The molecule has 0 radical (unpaired) electrons. The third-order valence-electron chi connectivity index (χ3n) is 5.58. The maximum atomic E-state index is 13.0. The van der Waals surface area contributed by atoms with Crippen LogP contribution in [0.15, 0.2) is 48.5 Å². The van der Waals surface area contributed by atoms with Gasteiger partial charge < -0.3 is 15.0 Å². The predicted octanol–water partition coefficient (Wildman–Crippen LogP) is 3.42. The third kappa shape index (κ3) is 5.19. The maximum Gasteiger partial charge on any atom is 0.254 e. The minimum absolute atomic E-state index is 0.00522. The quantitative estimate of drug-likeness (QED) is 0.794. The molecule has 2 saturated heterocycles. The average Bonchev–Trinajstić information content (AvgIpc) is 3.31. The van der Waals surface area contributed by atoms with E-state index in [4.69, 9.17) is 16.3 Å². The van der Waals surface area contributed by atoms with Gasteiger partial charge in [-0.25, -0.2) is 0 Å². The third-order valence-corrected chi connectivity index (χ3v) is 5.83. The number of carbonyl (C=O) groups excluding carboxylic acids is 2. The zero-order valence-corrected chi connectivity index (χ0v) is 17.6. The van der Waals surface area contributed by atoms with Crippen LogP contribution in [0.3, 0.4) is 0 Å². The van der Waals surface area contributed by atoms with Crippen LogP contribution in [0, 0.1) is 0 Å². The molecule has 0 bridgehead atoms. The fraction of sp³-hybridized carbons (Fsp3) is 0.391. The normalized spacial score (nSPS) is 19.6. The molecule has 0 aliphatic carbocycles. The molecule has 2 heterocycles. The highest BCUT2D eigenvalue weighted by atomic mass is 35.5. The Kier molecular flexibility index (Phi) is 6.67. The summed E-state index contributed by atoms with van der Waals surface area (Å²) in [4.78, 5) is 29.4. The number of nitrogens with zero attached hydrogens (tertiary/aromatic N) is 2. The lowest BCUT2D eigenvalue weighted by Crippen LogP contribution is -2.48. The smallest absolute Gasteiger partial charge is 0.254 e. The Labute approximate surface area is 181 Å². The van der Waals surface area contributed by atoms with Crippen molar-refractivity contribution in [3.05, 3.63) is 64.7 Å². The summed E-state index contributed by atoms with van der Waals surface area (Å²) in [6.07, 6.45) is 1.25. The van der Waals surface area contributed by atoms with Crippen molar-refractivity contribution in [1.82, 2.24) is 9.80 Å². The molecule has 158 valence electrons. The first-order chi connectivity index (χ1) is 14.6. The van der Waals surface area contributed by atoms with Gasteiger partial charge in [0.25, 0.3) is 11.8 Å². The lowest BCUT2D eigenvalue weighted by atomic mass is 10.1. The standard InChI is InChI=1S/C23H26ClN3O3/c24-19-8-6-17(7-9-19)16-26-10-12-27(13-11-26)23(29)18-3-1-4-20(15-18)25-22(28)21-5-2-14-30-21/h1,3-4,6-9,15,21H,2,5,10-14,16H2,(H,25,28). The Balaban J connectivity index is 1.31. The molecule has 1 unspecified atom stereocenters. The molecule has 2 amide bonds. The second-order valence-electron chi connectivity index (χ2n) is 7.77. The molecule has 2 aliphatic rings. The lowest BCUT2D eigenvalue weighted by molar-refractivity contribution is -0.124. The van der Waals surface area contributed by atoms with Crippen LogP contribution in [-0.4, -0.2) is 60.5 Å². The fourth-order valence-electron chi connectivity index (χ4n) is 3.88. The number of rotatable bonds is 5. The molecule has 0 saturated carbocycles. The van der Waals surface area contributed by atoms with E-state index in [1.165, 1.54) is 5.56 Å². The second kappa shape index (κ2) is 9.60. The first kappa shape index (κ1) is 20.8. The van der Waals surface area contributed by atoms with Crippen molar-refractivity contribution in [2.24, 2.45) is 0 Å². The molecule has 2 aromatic rings. The molecule has 2 aliphatic heterocycles. The van der Waals surface area contributed by atoms with Crippen molar-refractivity contribution in [3.8, 4) is 0 Å². The summed E-state index contributed by atoms with van der Waals surface area (Å²) in [5.41, 5.74) is 2.43. The number of amides is 2. The van der Waals surface area contributed by atoms with Gasteiger partial charge in [0.1, 0.15) is 6.10 Å². The number of anilines is 1. The monoisotopic (exact) mass is 427 g/mol. The summed E-state index contributed by atoms with van der Waals surface area (Å²) >= 11 is 5.95. The van der Waals surface area contributed by atoms with E-state index in [1.807, 2.05) is 29.2 Å². The number of carbonyl (C=O) groups is 2. The molecule has 2 fully saturated rings. The number of hydrogen-bond acceptors (Lipinski definition) is 4. The van der Waals surface area contributed by atoms with Crippen molar-refractivity contribution < 1.29 is 14.3 Å². The Morgan fingerprint density at radius 2 is 1.83 bits per heavy atom. The Hall–Kier alpha value is -2.41. The van der Waals surface area contributed by atoms with Crippen molar-refractivity contribution in [2.75, 3.05) is 38.1 Å². The predicted molar refractivity (Wildman–Crippen MR) is 117 cm³/mol. The molecule has 2 aromatic carbocycles. The van der Waals surface area contributed by atoms with E-state index in [0.29, 0.717) is 30.9 Å². The largest absolute Gasteiger partial charge is 0.368 e. The minimum atomic E-state index is -0.391. The second-order valence-corrected chi connectivity index (χ2v) is 8.20. The molecule has 0 aromatic heterocycles. The molecular formula is C23H26ClN3O3. The van der Waals surface area contributed by atoms with Gasteiger partial charge in [0.15, 0.2) is 0 Å². The average molecular weight is 428 g/mol. The van der Waals surface area contributed by atoms with Gasteiger partial charge in [-0.1, -0.05) is 29.8 Å². The van der Waals surface area contributed by atoms with E-state index < -0.39 is 6.10 Å². The van der Waals surface area contributed by atoms with E-state index in [0.717, 1.165) is 37.5 Å². The summed E-state index contributed by atoms with van der Waals surface area (Å²) in [6, 6.07) is 15.0. The number of nitrogens with one attached hydrogen (secondary N) is 1. The van der Waals surface area contributed by atoms with Gasteiger partial charge in [-0.2, -0.15) is 0 Å². The molecular weight excluding hydrogens is 402 g/mol. The van der Waals surface area contributed by atoms with Gasteiger partial charge in [0, 0.05) is 55.6 Å². The molecule has 7 heteroatoms. The van der Waals surface area contributed by atoms with Crippen molar-refractivity contribution in [2.45, 2.75) is 25.5 Å². The molecule has 0 spiro atoms. The number of ether oxygens (including phenoxy) is 1. The number of benzene rings is 2. The lowest BCUT2D eigenvalue weighted by Gasteiger charge is -2.34. The van der Waals surface area contributed by atoms with Crippen LogP contribution in [0.1, 0.15) is 28.8 Å². The summed E-state index contributed by atoms with van der Waals surface area (Å²) < 4.78 is 5.42. The van der Waals surface area contributed by atoms with Crippen LogP contribution >= 0.6 is 11.6 Å². The van der Waals surface area contributed by atoms with Crippen molar-refractivity contribution in [1.29, 1.82) is 0 Å². The van der Waals surface area contributed by atoms with Gasteiger partial charge in [-0.15, -0.1) is 0 Å². The Bertz CT molecular complexity index is 889. The molecule has 30 heavy (non-hydrogen) atoms. The van der Waals surface area contributed by atoms with Crippen LogP contribution < -0.4 is 5.32 Å². The zero-order valence-electron chi connectivity index (χ0n) is 16.9. The van der Waals surface area contributed by atoms with Crippen molar-refractivity contribution in [3.63, 3.8) is 0 Å². The first-order valence-corrected chi connectivity index (χ1v) is 10.7. The highest BCUT2D eigenvalue weighted by molar-refractivity contribution is 6.30. The SMILES string of the molecule is O=C(Nc1cccc(C(=O)N2CCN(Cc3ccc(Cl)cc3)CC2)c1)C1CCCO1. The van der Waals surface area contributed by atoms with Crippen LogP contribution in [-0.2, 0) is 16.1 Å².